The lowest BCUT2D eigenvalue weighted by molar-refractivity contribution is 0.0740. The second-order valence-electron chi connectivity index (χ2n) is 8.54. The maximum Gasteiger partial charge on any atom is 0.301 e. The van der Waals surface area contributed by atoms with Crippen molar-refractivity contribution >= 4 is 45.0 Å². The summed E-state index contributed by atoms with van der Waals surface area (Å²) in [7, 11) is -1.38. The molecule has 0 spiro atoms. The van der Waals surface area contributed by atoms with Crippen LogP contribution in [0, 0.1) is 6.92 Å². The first-order valence-corrected chi connectivity index (χ1v) is 14.8. The number of nitrogens with zero attached hydrogens (tertiary/aromatic N) is 2. The number of amides is 2. The molecule has 10 nitrogen and oxygen atoms in total. The van der Waals surface area contributed by atoms with Gasteiger partial charge in [-0.1, -0.05) is 41.9 Å². The van der Waals surface area contributed by atoms with E-state index >= 15 is 0 Å². The van der Waals surface area contributed by atoms with E-state index in [1.54, 1.807) is 11.8 Å². The number of carbonyl (C=O) groups excluding carboxylic acids is 2. The van der Waals surface area contributed by atoms with E-state index in [-0.39, 0.29) is 40.2 Å². The lowest BCUT2D eigenvalue weighted by Crippen LogP contribution is -2.41. The number of halogens is 2. The third-order valence-electron chi connectivity index (χ3n) is 5.71. The van der Waals surface area contributed by atoms with Crippen LogP contribution in [0.15, 0.2) is 42.5 Å². The largest absolute Gasteiger partial charge is 0.495 e. The molecule has 0 saturated heterocycles. The molecule has 0 aliphatic heterocycles. The van der Waals surface area contributed by atoms with Crippen molar-refractivity contribution in [3.63, 3.8) is 0 Å². The van der Waals surface area contributed by atoms with Crippen LogP contribution in [0.5, 0.6) is 11.5 Å². The molecule has 0 saturated carbocycles. The summed E-state index contributed by atoms with van der Waals surface area (Å²) in [6.45, 7) is 0.655. The van der Waals surface area contributed by atoms with Gasteiger partial charge >= 0.3 is 10.2 Å². The van der Waals surface area contributed by atoms with Crippen LogP contribution in [-0.2, 0) is 23.2 Å². The minimum atomic E-state index is -4.25. The number of alkyl halides is 1. The molecule has 0 atom stereocenters. The average molecular weight is 613 g/mol. The molecule has 0 fully saturated rings. The van der Waals surface area contributed by atoms with Crippen LogP contribution in [0.3, 0.4) is 0 Å². The topological polar surface area (TPSA) is 127 Å². The number of rotatable bonds is 14. The van der Waals surface area contributed by atoms with Gasteiger partial charge in [0.1, 0.15) is 33.9 Å². The van der Waals surface area contributed by atoms with E-state index < -0.39 is 29.3 Å². The minimum absolute atomic E-state index is 0.0620. The molecule has 0 aliphatic rings. The van der Waals surface area contributed by atoms with E-state index in [9.17, 15) is 22.4 Å². The number of hydrogen-bond acceptors (Lipinski definition) is 8. The van der Waals surface area contributed by atoms with Crippen LogP contribution in [0.1, 0.15) is 42.7 Å². The number of ether oxygens (including phenoxy) is 2. The molecular weight excluding hydrogens is 583 g/mol. The Bertz CT molecular complexity index is 1410. The van der Waals surface area contributed by atoms with Gasteiger partial charge in [0.05, 0.1) is 20.8 Å². The molecule has 14 heteroatoms. The second kappa shape index (κ2) is 14.4. The first-order chi connectivity index (χ1) is 19.1. The first-order valence-electron chi connectivity index (χ1n) is 12.2. The number of hydrogen-bond donors (Lipinski definition) is 2. The Morgan fingerprint density at radius 2 is 1.77 bits per heavy atom. The summed E-state index contributed by atoms with van der Waals surface area (Å²) in [5.41, 5.74) is 1.31. The van der Waals surface area contributed by atoms with Crippen LogP contribution in [0.2, 0.25) is 5.02 Å². The fourth-order valence-corrected chi connectivity index (χ4v) is 5.79. The Morgan fingerprint density at radius 3 is 2.38 bits per heavy atom. The number of aromatic nitrogens is 1. The van der Waals surface area contributed by atoms with Crippen LogP contribution in [0.4, 0.5) is 4.39 Å². The number of carbonyl (C=O) groups is 2. The standard InChI is InChI=1S/C26H30ClFN4O6S2/c1-17-24(25(33)31-40(35,36)29-12-11-28)30-22(39-17)16-32(13-7-10-18-8-5-4-6-9-18)26(34)19-14-20(37-2)23(27)21(15-19)38-3/h4-6,8-9,14-15,29H,7,10-13,16H2,1-3H3,(H,31,33). The van der Waals surface area contributed by atoms with Crippen LogP contribution < -0.4 is 18.9 Å². The van der Waals surface area contributed by atoms with Gasteiger partial charge in [0.15, 0.2) is 0 Å². The molecule has 216 valence electrons. The molecule has 0 radical (unpaired) electrons. The normalized spacial score (nSPS) is 11.2. The van der Waals surface area contributed by atoms with E-state index in [4.69, 9.17) is 21.1 Å². The van der Waals surface area contributed by atoms with Crippen molar-refractivity contribution in [3.8, 4) is 11.5 Å². The predicted octanol–water partition coefficient (Wildman–Crippen LogP) is 3.93. The summed E-state index contributed by atoms with van der Waals surface area (Å²) in [6.07, 6.45) is 1.37. The molecule has 2 amide bonds. The second-order valence-corrected chi connectivity index (χ2v) is 11.7. The average Bonchev–Trinajstić information content (AvgIpc) is 3.31. The van der Waals surface area contributed by atoms with Gasteiger partial charge in [-0.3, -0.25) is 9.59 Å². The van der Waals surface area contributed by atoms with Crippen molar-refractivity contribution in [2.75, 3.05) is 34.0 Å². The van der Waals surface area contributed by atoms with Crippen molar-refractivity contribution in [1.29, 1.82) is 0 Å². The highest BCUT2D eigenvalue weighted by molar-refractivity contribution is 7.88. The van der Waals surface area contributed by atoms with Gasteiger partial charge in [0, 0.05) is 23.5 Å². The number of thiazole rings is 1. The Kier molecular flexibility index (Phi) is 11.3. The zero-order valence-electron chi connectivity index (χ0n) is 22.2. The summed E-state index contributed by atoms with van der Waals surface area (Å²) in [4.78, 5) is 32.7. The van der Waals surface area contributed by atoms with Crippen molar-refractivity contribution in [2.45, 2.75) is 26.3 Å². The van der Waals surface area contributed by atoms with Gasteiger partial charge < -0.3 is 14.4 Å². The predicted molar refractivity (Wildman–Crippen MR) is 151 cm³/mol. The van der Waals surface area contributed by atoms with E-state index in [1.807, 2.05) is 39.8 Å². The van der Waals surface area contributed by atoms with Gasteiger partial charge in [0.25, 0.3) is 11.8 Å². The Balaban J connectivity index is 1.86. The third-order valence-corrected chi connectivity index (χ3v) is 8.08. The molecule has 2 aromatic carbocycles. The van der Waals surface area contributed by atoms with Gasteiger partial charge in [-0.05, 0) is 37.5 Å². The summed E-state index contributed by atoms with van der Waals surface area (Å²) >= 11 is 7.45. The Labute approximate surface area is 241 Å². The van der Waals surface area contributed by atoms with E-state index in [2.05, 4.69) is 4.98 Å². The van der Waals surface area contributed by atoms with Gasteiger partial charge in [-0.2, -0.15) is 13.1 Å². The monoisotopic (exact) mass is 612 g/mol. The number of nitrogens with one attached hydrogen (secondary N) is 2. The maximum atomic E-state index is 13.7. The van der Waals surface area contributed by atoms with Gasteiger partial charge in [0.2, 0.25) is 0 Å². The summed E-state index contributed by atoms with van der Waals surface area (Å²) in [5.74, 6) is -0.737. The zero-order chi connectivity index (χ0) is 29.3. The molecule has 0 unspecified atom stereocenters. The summed E-state index contributed by atoms with van der Waals surface area (Å²) < 4.78 is 50.6. The smallest absolute Gasteiger partial charge is 0.301 e. The maximum absolute atomic E-state index is 13.7. The molecule has 1 aromatic heterocycles. The van der Waals surface area contributed by atoms with Crippen molar-refractivity contribution in [1.82, 2.24) is 19.3 Å². The van der Waals surface area contributed by atoms with Crippen LogP contribution >= 0.6 is 22.9 Å². The SMILES string of the molecule is COc1cc(C(=O)N(CCCc2ccccc2)Cc2nc(C(=O)NS(=O)(=O)NCCF)c(C)s2)cc(OC)c1Cl. The molecule has 0 bridgehead atoms. The molecule has 0 aliphatic carbocycles. The molecule has 2 N–H and O–H groups in total. The molecule has 3 aromatic rings. The zero-order valence-corrected chi connectivity index (χ0v) is 24.6. The molecular formula is C26H30ClFN4O6S2. The number of benzene rings is 2. The minimum Gasteiger partial charge on any atom is -0.495 e. The lowest BCUT2D eigenvalue weighted by atomic mass is 10.1. The van der Waals surface area contributed by atoms with E-state index in [0.717, 1.165) is 23.3 Å². The fraction of sp³-hybridized carbons (Fsp3) is 0.346. The Morgan fingerprint density at radius 1 is 1.12 bits per heavy atom. The van der Waals surface area contributed by atoms with Gasteiger partial charge in [-0.25, -0.2) is 14.1 Å². The lowest BCUT2D eigenvalue weighted by Gasteiger charge is -2.23. The van der Waals surface area contributed by atoms with Crippen molar-refractivity contribution in [2.24, 2.45) is 0 Å². The van der Waals surface area contributed by atoms with Crippen LogP contribution in [-0.4, -0.2) is 64.1 Å². The highest BCUT2D eigenvalue weighted by Gasteiger charge is 2.24. The molecule has 40 heavy (non-hydrogen) atoms. The van der Waals surface area contributed by atoms with E-state index in [0.29, 0.717) is 22.9 Å². The van der Waals surface area contributed by atoms with Crippen LogP contribution in [0.25, 0.3) is 0 Å². The third kappa shape index (κ3) is 8.37. The molecule has 1 heterocycles. The van der Waals surface area contributed by atoms with Gasteiger partial charge in [-0.15, -0.1) is 11.3 Å². The quantitative estimate of drug-likeness (QED) is 0.282. The highest BCUT2D eigenvalue weighted by atomic mass is 35.5. The highest BCUT2D eigenvalue weighted by Crippen LogP contribution is 2.36. The first kappa shape index (κ1) is 31.3. The van der Waals surface area contributed by atoms with Crippen molar-refractivity contribution in [3.05, 3.63) is 74.2 Å². The number of aryl methyl sites for hydroxylation is 2. The van der Waals surface area contributed by atoms with Crippen molar-refractivity contribution < 1.29 is 31.9 Å². The Hall–Kier alpha value is -3.26. The number of methoxy groups -OCH3 is 2. The summed E-state index contributed by atoms with van der Waals surface area (Å²) in [5, 5.41) is 0.664. The summed E-state index contributed by atoms with van der Waals surface area (Å²) in [6, 6.07) is 12.9. The van der Waals surface area contributed by atoms with E-state index in [1.165, 1.54) is 26.4 Å². The molecule has 3 rings (SSSR count). The fourth-order valence-electron chi connectivity index (χ4n) is 3.82.